The molecule has 0 aromatic heterocycles. The average Bonchev–Trinajstić information content (AvgIpc) is 2.35. The normalized spacial score (nSPS) is 12.5. The molecular formula is C14H23NO2. The fourth-order valence-electron chi connectivity index (χ4n) is 1.97. The molecule has 0 saturated carbocycles. The van der Waals surface area contributed by atoms with E-state index in [0.29, 0.717) is 6.04 Å². The first-order valence-corrected chi connectivity index (χ1v) is 6.12. The van der Waals surface area contributed by atoms with E-state index in [1.165, 1.54) is 11.1 Å². The summed E-state index contributed by atoms with van der Waals surface area (Å²) in [6.07, 6.45) is 0.984. The van der Waals surface area contributed by atoms with Gasteiger partial charge in [-0.25, -0.2) is 0 Å². The summed E-state index contributed by atoms with van der Waals surface area (Å²) in [7, 11) is 3.68. The molecule has 0 radical (unpaired) electrons. The molecule has 0 saturated heterocycles. The average molecular weight is 237 g/mol. The minimum absolute atomic E-state index is 0.340. The Bertz CT molecular complexity index is 339. The number of hydrogen-bond donors (Lipinski definition) is 1. The van der Waals surface area contributed by atoms with E-state index >= 15 is 0 Å². The lowest BCUT2D eigenvalue weighted by Crippen LogP contribution is -2.19. The Morgan fingerprint density at radius 3 is 2.65 bits per heavy atom. The molecular weight excluding hydrogens is 214 g/mol. The zero-order valence-electron chi connectivity index (χ0n) is 11.2. The van der Waals surface area contributed by atoms with Crippen molar-refractivity contribution in [1.82, 2.24) is 5.32 Å². The van der Waals surface area contributed by atoms with Crippen molar-refractivity contribution in [3.05, 3.63) is 29.3 Å². The van der Waals surface area contributed by atoms with Crippen LogP contribution in [-0.4, -0.2) is 27.4 Å². The molecule has 0 fully saturated rings. The Morgan fingerprint density at radius 2 is 2.12 bits per heavy atom. The highest BCUT2D eigenvalue weighted by molar-refractivity contribution is 5.36. The predicted molar refractivity (Wildman–Crippen MR) is 70.6 cm³/mol. The van der Waals surface area contributed by atoms with Gasteiger partial charge in [-0.1, -0.05) is 6.07 Å². The second kappa shape index (κ2) is 7.30. The number of hydrogen-bond acceptors (Lipinski definition) is 3. The van der Waals surface area contributed by atoms with E-state index in [9.17, 15) is 0 Å². The maximum absolute atomic E-state index is 5.41. The molecule has 0 aliphatic heterocycles. The molecule has 1 N–H and O–H groups in total. The van der Waals surface area contributed by atoms with Crippen molar-refractivity contribution in [1.29, 1.82) is 0 Å². The Labute approximate surface area is 104 Å². The van der Waals surface area contributed by atoms with E-state index in [-0.39, 0.29) is 0 Å². The minimum atomic E-state index is 0.340. The molecule has 1 aromatic carbocycles. The van der Waals surface area contributed by atoms with Crippen LogP contribution in [0.2, 0.25) is 0 Å². The number of methoxy groups -OCH3 is 1. The highest BCUT2D eigenvalue weighted by Crippen LogP contribution is 2.24. The van der Waals surface area contributed by atoms with Crippen LogP contribution in [0.15, 0.2) is 18.2 Å². The third-order valence-electron chi connectivity index (χ3n) is 2.96. The van der Waals surface area contributed by atoms with Gasteiger partial charge in [0, 0.05) is 19.3 Å². The van der Waals surface area contributed by atoms with Gasteiger partial charge in [0.2, 0.25) is 0 Å². The van der Waals surface area contributed by atoms with Crippen molar-refractivity contribution in [3.8, 4) is 5.75 Å². The van der Waals surface area contributed by atoms with Gasteiger partial charge < -0.3 is 14.8 Å². The lowest BCUT2D eigenvalue weighted by Gasteiger charge is -2.19. The first kappa shape index (κ1) is 14.0. The van der Waals surface area contributed by atoms with Gasteiger partial charge in [-0.2, -0.15) is 0 Å². The molecule has 1 unspecified atom stereocenters. The second-order valence-electron chi connectivity index (χ2n) is 4.05. The van der Waals surface area contributed by atoms with E-state index in [4.69, 9.17) is 9.47 Å². The summed E-state index contributed by atoms with van der Waals surface area (Å²) in [6.45, 7) is 5.70. The van der Waals surface area contributed by atoms with Crippen molar-refractivity contribution in [2.75, 3.05) is 27.4 Å². The predicted octanol–water partition coefficient (Wildman–Crippen LogP) is 2.69. The van der Waals surface area contributed by atoms with Gasteiger partial charge in [0.05, 0.1) is 7.11 Å². The van der Waals surface area contributed by atoms with Gasteiger partial charge in [0.25, 0.3) is 0 Å². The lowest BCUT2D eigenvalue weighted by atomic mass is 9.99. The molecule has 1 aromatic rings. The summed E-state index contributed by atoms with van der Waals surface area (Å²) < 4.78 is 10.6. The molecule has 17 heavy (non-hydrogen) atoms. The fraction of sp³-hybridized carbons (Fsp3) is 0.571. The quantitative estimate of drug-likeness (QED) is 0.740. The SMILES string of the molecule is CCOCCC(NC)c1ccc(OC)cc1C. The maximum Gasteiger partial charge on any atom is 0.119 e. The van der Waals surface area contributed by atoms with Crippen LogP contribution in [-0.2, 0) is 4.74 Å². The van der Waals surface area contributed by atoms with Crippen LogP contribution in [0.3, 0.4) is 0 Å². The zero-order valence-corrected chi connectivity index (χ0v) is 11.2. The van der Waals surface area contributed by atoms with Crippen LogP contribution in [0, 0.1) is 6.92 Å². The van der Waals surface area contributed by atoms with Crippen molar-refractivity contribution in [2.45, 2.75) is 26.3 Å². The third kappa shape index (κ3) is 4.02. The lowest BCUT2D eigenvalue weighted by molar-refractivity contribution is 0.137. The van der Waals surface area contributed by atoms with Crippen LogP contribution in [0.4, 0.5) is 0 Å². The molecule has 3 nitrogen and oxygen atoms in total. The smallest absolute Gasteiger partial charge is 0.119 e. The number of benzene rings is 1. The number of ether oxygens (including phenoxy) is 2. The van der Waals surface area contributed by atoms with Gasteiger partial charge in [0.15, 0.2) is 0 Å². The molecule has 1 rings (SSSR count). The van der Waals surface area contributed by atoms with Gasteiger partial charge in [-0.3, -0.25) is 0 Å². The van der Waals surface area contributed by atoms with E-state index in [1.54, 1.807) is 7.11 Å². The standard InChI is InChI=1S/C14H23NO2/c1-5-17-9-8-14(15-3)13-7-6-12(16-4)10-11(13)2/h6-7,10,14-15H,5,8-9H2,1-4H3. The first-order valence-electron chi connectivity index (χ1n) is 6.12. The van der Waals surface area contributed by atoms with Gasteiger partial charge in [-0.15, -0.1) is 0 Å². The van der Waals surface area contributed by atoms with E-state index < -0.39 is 0 Å². The maximum atomic E-state index is 5.41. The Kier molecular flexibility index (Phi) is 6.01. The van der Waals surface area contributed by atoms with Crippen molar-refractivity contribution in [3.63, 3.8) is 0 Å². The van der Waals surface area contributed by atoms with E-state index in [1.807, 2.05) is 20.0 Å². The molecule has 0 bridgehead atoms. The summed E-state index contributed by atoms with van der Waals surface area (Å²) in [4.78, 5) is 0. The summed E-state index contributed by atoms with van der Waals surface area (Å²) in [5, 5.41) is 3.33. The molecule has 0 aliphatic carbocycles. The van der Waals surface area contributed by atoms with Crippen molar-refractivity contribution < 1.29 is 9.47 Å². The Morgan fingerprint density at radius 1 is 1.35 bits per heavy atom. The highest BCUT2D eigenvalue weighted by Gasteiger charge is 2.12. The zero-order chi connectivity index (χ0) is 12.7. The Balaban J connectivity index is 2.73. The van der Waals surface area contributed by atoms with Crippen LogP contribution in [0.5, 0.6) is 5.75 Å². The minimum Gasteiger partial charge on any atom is -0.497 e. The van der Waals surface area contributed by atoms with Gasteiger partial charge >= 0.3 is 0 Å². The number of aryl methyl sites for hydroxylation is 1. The molecule has 96 valence electrons. The largest absolute Gasteiger partial charge is 0.497 e. The molecule has 0 heterocycles. The van der Waals surface area contributed by atoms with Crippen LogP contribution in [0.1, 0.15) is 30.5 Å². The fourth-order valence-corrected chi connectivity index (χ4v) is 1.97. The monoisotopic (exact) mass is 237 g/mol. The molecule has 3 heteroatoms. The Hall–Kier alpha value is -1.06. The van der Waals surface area contributed by atoms with Gasteiger partial charge in [-0.05, 0) is 50.6 Å². The molecule has 0 spiro atoms. The van der Waals surface area contributed by atoms with E-state index in [0.717, 1.165) is 25.4 Å². The molecule has 0 aliphatic rings. The summed E-state index contributed by atoms with van der Waals surface area (Å²) in [5.41, 5.74) is 2.56. The van der Waals surface area contributed by atoms with E-state index in [2.05, 4.69) is 24.4 Å². The topological polar surface area (TPSA) is 30.5 Å². The first-order chi connectivity index (χ1) is 8.22. The molecule has 0 amide bonds. The van der Waals surface area contributed by atoms with Crippen molar-refractivity contribution >= 4 is 0 Å². The second-order valence-corrected chi connectivity index (χ2v) is 4.05. The molecule has 1 atom stereocenters. The summed E-state index contributed by atoms with van der Waals surface area (Å²) >= 11 is 0. The third-order valence-corrected chi connectivity index (χ3v) is 2.96. The van der Waals surface area contributed by atoms with Crippen molar-refractivity contribution in [2.24, 2.45) is 0 Å². The summed E-state index contributed by atoms with van der Waals surface area (Å²) in [6, 6.07) is 6.54. The van der Waals surface area contributed by atoms with Crippen LogP contribution >= 0.6 is 0 Å². The van der Waals surface area contributed by atoms with Gasteiger partial charge in [0.1, 0.15) is 5.75 Å². The highest BCUT2D eigenvalue weighted by atomic mass is 16.5. The van der Waals surface area contributed by atoms with Crippen LogP contribution in [0.25, 0.3) is 0 Å². The van der Waals surface area contributed by atoms with Crippen LogP contribution < -0.4 is 10.1 Å². The number of nitrogens with one attached hydrogen (secondary N) is 1. The summed E-state index contributed by atoms with van der Waals surface area (Å²) in [5.74, 6) is 0.908. The number of rotatable bonds is 7.